The summed E-state index contributed by atoms with van der Waals surface area (Å²) < 4.78 is 41.4. The van der Waals surface area contributed by atoms with Crippen LogP contribution in [0.3, 0.4) is 0 Å². The van der Waals surface area contributed by atoms with Crippen molar-refractivity contribution in [3.8, 4) is 0 Å². The normalized spacial score (nSPS) is 25.9. The average Bonchev–Trinajstić information content (AvgIpc) is 2.50. The second-order valence-corrected chi connectivity index (χ2v) is 9.40. The van der Waals surface area contributed by atoms with E-state index in [1.54, 1.807) is 32.0 Å². The highest BCUT2D eigenvalue weighted by atomic mass is 32.3. The van der Waals surface area contributed by atoms with Gasteiger partial charge in [0.15, 0.2) is 0 Å². The minimum absolute atomic E-state index is 0.0268. The first-order chi connectivity index (χ1) is 10.3. The van der Waals surface area contributed by atoms with Gasteiger partial charge in [0.25, 0.3) is 4.08 Å². The van der Waals surface area contributed by atoms with Crippen LogP contribution in [0, 0.1) is 0 Å². The number of hydrogen-bond donors (Lipinski definition) is 0. The van der Waals surface area contributed by atoms with Crippen LogP contribution in [0.2, 0.25) is 0 Å². The molecule has 22 heavy (non-hydrogen) atoms. The van der Waals surface area contributed by atoms with Crippen molar-refractivity contribution in [3.63, 3.8) is 0 Å². The van der Waals surface area contributed by atoms with Crippen molar-refractivity contribution in [1.82, 2.24) is 0 Å². The molecule has 2 unspecified atom stereocenters. The van der Waals surface area contributed by atoms with Crippen LogP contribution in [-0.2, 0) is 30.2 Å². The second kappa shape index (κ2) is 5.96. The maximum Gasteiger partial charge on any atom is 0.341 e. The largest absolute Gasteiger partial charge is 0.467 e. The Morgan fingerprint density at radius 3 is 2.32 bits per heavy atom. The molecule has 7 heteroatoms. The number of carbonyl (C=O) groups is 1. The van der Waals surface area contributed by atoms with Gasteiger partial charge in [0.2, 0.25) is 9.84 Å². The summed E-state index contributed by atoms with van der Waals surface area (Å²) >= 11 is 0. The zero-order chi connectivity index (χ0) is 16.5. The Balaban J connectivity index is 2.72. The fourth-order valence-corrected chi connectivity index (χ4v) is 7.02. The third kappa shape index (κ3) is 2.42. The molecule has 0 bridgehead atoms. The third-order valence-electron chi connectivity index (χ3n) is 3.93. The maximum atomic E-state index is 13.1. The lowest BCUT2D eigenvalue weighted by Crippen LogP contribution is -2.53. The molecule has 1 aromatic carbocycles. The lowest BCUT2D eigenvalue weighted by molar-refractivity contribution is -0.141. The number of carbonyl (C=O) groups excluding carboxylic acids is 1. The van der Waals surface area contributed by atoms with Crippen LogP contribution in [0.25, 0.3) is 0 Å². The number of hydrogen-bond acceptors (Lipinski definition) is 5. The molecule has 0 aliphatic carbocycles. The van der Waals surface area contributed by atoms with Crippen LogP contribution in [0.1, 0.15) is 20.3 Å². The molecule has 0 saturated carbocycles. The van der Waals surface area contributed by atoms with E-state index in [1.165, 1.54) is 12.1 Å². The highest BCUT2D eigenvalue weighted by molar-refractivity contribution is 8.09. The van der Waals surface area contributed by atoms with E-state index in [4.69, 9.17) is 4.74 Å². The average molecular weight is 342 g/mol. The Kier molecular flexibility index (Phi) is 4.58. The van der Waals surface area contributed by atoms with Gasteiger partial charge >= 0.3 is 5.97 Å². The van der Waals surface area contributed by atoms with Crippen LogP contribution in [0.5, 0.6) is 0 Å². The third-order valence-corrected chi connectivity index (χ3v) is 8.96. The van der Waals surface area contributed by atoms with Crippen LogP contribution < -0.4 is 0 Å². The minimum Gasteiger partial charge on any atom is -0.467 e. The zero-order valence-electron chi connectivity index (χ0n) is 12.7. The Morgan fingerprint density at radius 2 is 1.77 bits per heavy atom. The molecule has 2 atom stereocenters. The van der Waals surface area contributed by atoms with Crippen molar-refractivity contribution >= 4 is 26.6 Å². The fourth-order valence-electron chi connectivity index (χ4n) is 2.45. The Labute approximate surface area is 132 Å². The van der Waals surface area contributed by atoms with Gasteiger partial charge in [0.05, 0.1) is 22.8 Å². The van der Waals surface area contributed by atoms with Crippen molar-refractivity contribution < 1.29 is 22.2 Å². The zero-order valence-corrected chi connectivity index (χ0v) is 14.3. The lowest BCUT2D eigenvalue weighted by atomic mass is 10.1. The molecule has 0 N–H and O–H groups in total. The van der Waals surface area contributed by atoms with Gasteiger partial charge in [-0.2, -0.15) is 0 Å². The molecule has 1 aromatic rings. The van der Waals surface area contributed by atoms with Crippen molar-refractivity contribution in [1.29, 1.82) is 0 Å². The first kappa shape index (κ1) is 16.9. The number of ether oxygens (including phenoxy) is 1. The first-order valence-corrected chi connectivity index (χ1v) is 9.49. The predicted molar refractivity (Wildman–Crippen MR) is 84.4 cm³/mol. The summed E-state index contributed by atoms with van der Waals surface area (Å²) in [6.45, 7) is 3.55. The molecule has 120 valence electrons. The lowest BCUT2D eigenvalue weighted by Gasteiger charge is -2.34. The summed E-state index contributed by atoms with van der Waals surface area (Å²) in [4.78, 5) is 12.3. The Hall–Kier alpha value is -1.47. The molecule has 2 rings (SSSR count). The molecular formula is C15H18O5S2. The molecule has 1 heterocycles. The quantitative estimate of drug-likeness (QED) is 0.618. The predicted octanol–water partition coefficient (Wildman–Crippen LogP) is 1.82. The molecule has 0 spiro atoms. The summed E-state index contributed by atoms with van der Waals surface area (Å²) in [5.74, 6) is -0.922. The molecule has 5 nitrogen and oxygen atoms in total. The monoisotopic (exact) mass is 342 g/mol. The van der Waals surface area contributed by atoms with E-state index in [0.717, 1.165) is 18.3 Å². The molecular weight excluding hydrogens is 324 g/mol. The van der Waals surface area contributed by atoms with Gasteiger partial charge in [-0.25, -0.2) is 13.2 Å². The van der Waals surface area contributed by atoms with Crippen molar-refractivity contribution in [3.05, 3.63) is 41.5 Å². The summed E-state index contributed by atoms with van der Waals surface area (Å²) in [5, 5.41) is 0. The van der Waals surface area contributed by atoms with Crippen LogP contribution in [0.15, 0.2) is 46.4 Å². The van der Waals surface area contributed by atoms with Gasteiger partial charge < -0.3 is 4.74 Å². The number of rotatable bonds is 3. The molecule has 0 amide bonds. The summed E-state index contributed by atoms with van der Waals surface area (Å²) in [5.41, 5.74) is 1.60. The highest BCUT2D eigenvalue weighted by Crippen LogP contribution is 2.40. The van der Waals surface area contributed by atoms with Crippen molar-refractivity contribution in [2.75, 3.05) is 12.9 Å². The molecule has 0 aromatic heterocycles. The number of esters is 1. The summed E-state index contributed by atoms with van der Waals surface area (Å²) in [7, 11) is -4.94. The van der Waals surface area contributed by atoms with Gasteiger partial charge in [0.1, 0.15) is 0 Å². The summed E-state index contributed by atoms with van der Waals surface area (Å²) in [6.07, 6.45) is -0.116. The van der Waals surface area contributed by atoms with Gasteiger partial charge in [-0.05, 0) is 26.0 Å². The molecule has 1 aliphatic heterocycles. The highest BCUT2D eigenvalue weighted by Gasteiger charge is 2.59. The van der Waals surface area contributed by atoms with E-state index in [9.17, 15) is 17.4 Å². The summed E-state index contributed by atoms with van der Waals surface area (Å²) in [6, 6.07) is 7.61. The molecule has 0 fully saturated rings. The van der Waals surface area contributed by atoms with E-state index in [-0.39, 0.29) is 17.1 Å². The van der Waals surface area contributed by atoms with Crippen LogP contribution in [-0.4, -0.2) is 35.5 Å². The van der Waals surface area contributed by atoms with Gasteiger partial charge in [0, 0.05) is 12.2 Å². The van der Waals surface area contributed by atoms with Gasteiger partial charge in [-0.3, -0.25) is 4.21 Å². The topological polar surface area (TPSA) is 77.5 Å². The molecule has 0 saturated heterocycles. The number of methoxy groups -OCH3 is 1. The maximum absolute atomic E-state index is 13.1. The van der Waals surface area contributed by atoms with Crippen LogP contribution >= 0.6 is 0 Å². The van der Waals surface area contributed by atoms with Crippen molar-refractivity contribution in [2.45, 2.75) is 29.2 Å². The van der Waals surface area contributed by atoms with Gasteiger partial charge in [-0.15, -0.1) is 0 Å². The minimum atomic E-state index is -4.15. The van der Waals surface area contributed by atoms with Gasteiger partial charge in [-0.1, -0.05) is 29.3 Å². The standard InChI is InChI=1S/C15H18O5S2/c1-11-9-15(14(16)20-3,21(17)10-12(11)2)22(18,19)13-7-5-4-6-8-13/h4-8H,9-10H2,1-3H3. The van der Waals surface area contributed by atoms with E-state index in [1.807, 2.05) is 0 Å². The fraction of sp³-hybridized carbons (Fsp3) is 0.400. The van der Waals surface area contributed by atoms with E-state index < -0.39 is 30.7 Å². The first-order valence-electron chi connectivity index (χ1n) is 6.69. The number of benzene rings is 1. The smallest absolute Gasteiger partial charge is 0.341 e. The SMILES string of the molecule is COC(=O)C1(S(=O)(=O)c2ccccc2)CC(C)=C(C)CS1=O. The van der Waals surface area contributed by atoms with E-state index in [0.29, 0.717) is 0 Å². The Bertz CT molecular complexity index is 749. The molecule has 0 radical (unpaired) electrons. The van der Waals surface area contributed by atoms with E-state index >= 15 is 0 Å². The van der Waals surface area contributed by atoms with E-state index in [2.05, 4.69) is 0 Å². The second-order valence-electron chi connectivity index (χ2n) is 5.29. The number of allylic oxidation sites excluding steroid dienone is 1. The van der Waals surface area contributed by atoms with Crippen molar-refractivity contribution in [2.24, 2.45) is 0 Å². The number of sulfone groups is 1. The Morgan fingerprint density at radius 1 is 1.18 bits per heavy atom. The van der Waals surface area contributed by atoms with Crippen LogP contribution in [0.4, 0.5) is 0 Å². The molecule has 1 aliphatic rings.